The lowest BCUT2D eigenvalue weighted by molar-refractivity contribution is -0.142. The standard InChI is InChI=1S/C25H28N4O5/c1-33-13-8-23-26-20-15-17(24(30)31)5-6-21(20)29(23)19-4-2-3-18(16-19)27-9-11-28(12-10-27)22-7-14-34-25(22)32/h2-6,15-16,22H,7-14H2,1H3,(H,30,31). The van der Waals surface area contributed by atoms with Gasteiger partial charge in [-0.3, -0.25) is 14.3 Å². The number of nitrogens with zero attached hydrogens (tertiary/aromatic N) is 4. The second kappa shape index (κ2) is 9.44. The first-order valence-electron chi connectivity index (χ1n) is 11.5. The molecule has 3 aromatic rings. The Kier molecular flexibility index (Phi) is 6.21. The van der Waals surface area contributed by atoms with Crippen molar-refractivity contribution in [1.82, 2.24) is 14.5 Å². The summed E-state index contributed by atoms with van der Waals surface area (Å²) in [7, 11) is 1.65. The lowest BCUT2D eigenvalue weighted by Gasteiger charge is -2.37. The third-order valence-electron chi connectivity index (χ3n) is 6.62. The molecule has 2 aromatic carbocycles. The molecule has 0 aliphatic carbocycles. The highest BCUT2D eigenvalue weighted by atomic mass is 16.5. The predicted molar refractivity (Wildman–Crippen MR) is 127 cm³/mol. The number of hydrogen-bond donors (Lipinski definition) is 1. The molecule has 1 atom stereocenters. The van der Waals surface area contributed by atoms with Crippen LogP contribution in [-0.2, 0) is 20.7 Å². The minimum absolute atomic E-state index is 0.0999. The predicted octanol–water partition coefficient (Wildman–Crippen LogP) is 2.35. The second-order valence-corrected chi connectivity index (χ2v) is 8.63. The van der Waals surface area contributed by atoms with Gasteiger partial charge in [0.05, 0.1) is 29.8 Å². The average molecular weight is 465 g/mol. The molecule has 2 fully saturated rings. The molecular weight excluding hydrogens is 436 g/mol. The Morgan fingerprint density at radius 1 is 1.15 bits per heavy atom. The smallest absolute Gasteiger partial charge is 0.335 e. The maximum Gasteiger partial charge on any atom is 0.335 e. The zero-order valence-electron chi connectivity index (χ0n) is 19.1. The highest BCUT2D eigenvalue weighted by Gasteiger charge is 2.34. The van der Waals surface area contributed by atoms with E-state index in [0.29, 0.717) is 25.2 Å². The number of aromatic nitrogens is 2. The van der Waals surface area contributed by atoms with Crippen LogP contribution in [-0.4, -0.2) is 84.0 Å². The minimum Gasteiger partial charge on any atom is -0.478 e. The monoisotopic (exact) mass is 464 g/mol. The number of carbonyl (C=O) groups excluding carboxylic acids is 1. The van der Waals surface area contributed by atoms with Gasteiger partial charge in [-0.15, -0.1) is 0 Å². The van der Waals surface area contributed by atoms with E-state index >= 15 is 0 Å². The van der Waals surface area contributed by atoms with Crippen molar-refractivity contribution in [3.63, 3.8) is 0 Å². The van der Waals surface area contributed by atoms with Gasteiger partial charge in [-0.1, -0.05) is 6.07 Å². The van der Waals surface area contributed by atoms with Gasteiger partial charge in [0.2, 0.25) is 0 Å². The van der Waals surface area contributed by atoms with Crippen LogP contribution in [0.1, 0.15) is 22.6 Å². The Morgan fingerprint density at radius 3 is 2.65 bits per heavy atom. The van der Waals surface area contributed by atoms with Crippen LogP contribution in [0.15, 0.2) is 42.5 Å². The van der Waals surface area contributed by atoms with Crippen molar-refractivity contribution >= 4 is 28.7 Å². The SMILES string of the molecule is COCCc1nc2cc(C(=O)O)ccc2n1-c1cccc(N2CCN(C3CCOC3=O)CC2)c1. The fourth-order valence-corrected chi connectivity index (χ4v) is 4.85. The molecule has 3 heterocycles. The number of fused-ring (bicyclic) bond motifs is 1. The number of imidazole rings is 1. The fraction of sp³-hybridized carbons (Fsp3) is 0.400. The summed E-state index contributed by atoms with van der Waals surface area (Å²) < 4.78 is 12.5. The maximum absolute atomic E-state index is 11.9. The quantitative estimate of drug-likeness (QED) is 0.533. The number of carboxylic acid groups (broad SMARTS) is 1. The van der Waals surface area contributed by atoms with Gasteiger partial charge < -0.3 is 19.5 Å². The molecule has 2 saturated heterocycles. The summed E-state index contributed by atoms with van der Waals surface area (Å²) in [5, 5.41) is 9.37. The zero-order chi connectivity index (χ0) is 23.7. The van der Waals surface area contributed by atoms with Crippen molar-refractivity contribution in [3.05, 3.63) is 53.9 Å². The number of esters is 1. The Hall–Kier alpha value is -3.43. The molecule has 1 aromatic heterocycles. The maximum atomic E-state index is 11.9. The van der Waals surface area contributed by atoms with Crippen molar-refractivity contribution in [2.45, 2.75) is 18.9 Å². The summed E-state index contributed by atoms with van der Waals surface area (Å²) in [6.45, 7) is 4.32. The number of anilines is 1. The van der Waals surface area contributed by atoms with Crippen molar-refractivity contribution in [2.24, 2.45) is 0 Å². The molecule has 1 unspecified atom stereocenters. The Bertz CT molecular complexity index is 1220. The number of aromatic carboxylic acids is 1. The largest absolute Gasteiger partial charge is 0.478 e. The van der Waals surface area contributed by atoms with Crippen LogP contribution in [0.25, 0.3) is 16.7 Å². The van der Waals surface area contributed by atoms with E-state index in [1.165, 1.54) is 0 Å². The number of piperazine rings is 1. The summed E-state index contributed by atoms with van der Waals surface area (Å²) in [4.78, 5) is 32.7. The molecule has 178 valence electrons. The molecular formula is C25H28N4O5. The van der Waals surface area contributed by atoms with Gasteiger partial charge in [0.15, 0.2) is 0 Å². The molecule has 9 heteroatoms. The lowest BCUT2D eigenvalue weighted by Crippen LogP contribution is -2.51. The van der Waals surface area contributed by atoms with E-state index in [4.69, 9.17) is 14.5 Å². The first-order valence-corrected chi connectivity index (χ1v) is 11.5. The highest BCUT2D eigenvalue weighted by Crippen LogP contribution is 2.27. The summed E-state index contributed by atoms with van der Waals surface area (Å²) in [5.74, 6) is -0.250. The topological polar surface area (TPSA) is 97.1 Å². The Morgan fingerprint density at radius 2 is 1.94 bits per heavy atom. The molecule has 0 radical (unpaired) electrons. The second-order valence-electron chi connectivity index (χ2n) is 8.63. The molecule has 34 heavy (non-hydrogen) atoms. The van der Waals surface area contributed by atoms with Crippen LogP contribution in [0, 0.1) is 0 Å². The van der Waals surface area contributed by atoms with E-state index in [2.05, 4.69) is 26.5 Å². The number of carboxylic acids is 1. The molecule has 9 nitrogen and oxygen atoms in total. The van der Waals surface area contributed by atoms with Crippen LogP contribution in [0.2, 0.25) is 0 Å². The molecule has 0 saturated carbocycles. The van der Waals surface area contributed by atoms with Gasteiger partial charge in [0.25, 0.3) is 0 Å². The summed E-state index contributed by atoms with van der Waals surface area (Å²) in [6, 6.07) is 13.2. The fourth-order valence-electron chi connectivity index (χ4n) is 4.85. The molecule has 0 spiro atoms. The van der Waals surface area contributed by atoms with Gasteiger partial charge in [-0.2, -0.15) is 0 Å². The van der Waals surface area contributed by atoms with Gasteiger partial charge in [0, 0.05) is 57.5 Å². The number of hydrogen-bond acceptors (Lipinski definition) is 7. The lowest BCUT2D eigenvalue weighted by atomic mass is 10.1. The van der Waals surface area contributed by atoms with Crippen LogP contribution in [0.4, 0.5) is 5.69 Å². The Balaban J connectivity index is 1.43. The molecule has 1 N–H and O–H groups in total. The van der Waals surface area contributed by atoms with Gasteiger partial charge in [-0.05, 0) is 36.4 Å². The third kappa shape index (κ3) is 4.24. The Labute approximate surface area is 197 Å². The summed E-state index contributed by atoms with van der Waals surface area (Å²) in [6.07, 6.45) is 1.38. The first-order chi connectivity index (χ1) is 16.5. The molecule has 5 rings (SSSR count). The van der Waals surface area contributed by atoms with E-state index in [1.807, 2.05) is 18.2 Å². The van der Waals surface area contributed by atoms with Crippen LogP contribution in [0.5, 0.6) is 0 Å². The van der Waals surface area contributed by atoms with Crippen molar-refractivity contribution < 1.29 is 24.2 Å². The number of cyclic esters (lactones) is 1. The first kappa shape index (κ1) is 22.4. The molecule has 2 aliphatic heterocycles. The molecule has 0 bridgehead atoms. The van der Waals surface area contributed by atoms with E-state index in [1.54, 1.807) is 19.2 Å². The number of ether oxygens (including phenoxy) is 2. The van der Waals surface area contributed by atoms with E-state index in [9.17, 15) is 14.7 Å². The van der Waals surface area contributed by atoms with E-state index < -0.39 is 5.97 Å². The number of carbonyl (C=O) groups is 2. The third-order valence-corrected chi connectivity index (χ3v) is 6.62. The van der Waals surface area contributed by atoms with Crippen molar-refractivity contribution in [1.29, 1.82) is 0 Å². The number of methoxy groups -OCH3 is 1. The van der Waals surface area contributed by atoms with Crippen molar-refractivity contribution in [2.75, 3.05) is 51.4 Å². The number of rotatable bonds is 7. The highest BCUT2D eigenvalue weighted by molar-refractivity contribution is 5.93. The normalized spacial score (nSPS) is 19.0. The van der Waals surface area contributed by atoms with Gasteiger partial charge in [0.1, 0.15) is 11.9 Å². The minimum atomic E-state index is -0.970. The zero-order valence-corrected chi connectivity index (χ0v) is 19.1. The van der Waals surface area contributed by atoms with Crippen LogP contribution in [0.3, 0.4) is 0 Å². The summed E-state index contributed by atoms with van der Waals surface area (Å²) in [5.41, 5.74) is 3.79. The average Bonchev–Trinajstić information content (AvgIpc) is 3.45. The van der Waals surface area contributed by atoms with Crippen LogP contribution < -0.4 is 4.90 Å². The van der Waals surface area contributed by atoms with Crippen LogP contribution >= 0.6 is 0 Å². The van der Waals surface area contributed by atoms with Gasteiger partial charge in [-0.25, -0.2) is 9.78 Å². The van der Waals surface area contributed by atoms with Gasteiger partial charge >= 0.3 is 11.9 Å². The molecule has 0 amide bonds. The van der Waals surface area contributed by atoms with Crippen molar-refractivity contribution in [3.8, 4) is 5.69 Å². The molecule has 2 aliphatic rings. The summed E-state index contributed by atoms with van der Waals surface area (Å²) >= 11 is 0. The van der Waals surface area contributed by atoms with E-state index in [0.717, 1.165) is 55.3 Å². The number of benzene rings is 2. The van der Waals surface area contributed by atoms with E-state index in [-0.39, 0.29) is 17.6 Å².